The van der Waals surface area contributed by atoms with Gasteiger partial charge in [0, 0.05) is 5.69 Å². The molecule has 0 aliphatic carbocycles. The van der Waals surface area contributed by atoms with Crippen molar-refractivity contribution in [2.24, 2.45) is 0 Å². The Hall–Kier alpha value is -2.30. The van der Waals surface area contributed by atoms with Crippen molar-refractivity contribution in [2.45, 2.75) is 13.8 Å². The number of nitrogens with two attached hydrogens (primary N) is 1. The summed E-state index contributed by atoms with van der Waals surface area (Å²) in [6, 6.07) is 5.42. The monoisotopic (exact) mass is 231 g/mol. The van der Waals surface area contributed by atoms with Crippen LogP contribution in [0.3, 0.4) is 0 Å². The Morgan fingerprint density at radius 2 is 2.18 bits per heavy atom. The number of nitrogens with zero attached hydrogens (tertiary/aromatic N) is 1. The molecule has 3 N–H and O–H groups in total. The van der Waals surface area contributed by atoms with Gasteiger partial charge in [-0.2, -0.15) is 4.98 Å². The van der Waals surface area contributed by atoms with Crippen LogP contribution in [0.25, 0.3) is 0 Å². The van der Waals surface area contributed by atoms with Crippen LogP contribution in [0.4, 0.5) is 11.7 Å². The van der Waals surface area contributed by atoms with Gasteiger partial charge in [0.05, 0.1) is 11.3 Å². The maximum Gasteiger partial charge on any atom is 0.301 e. The minimum absolute atomic E-state index is 0.174. The summed E-state index contributed by atoms with van der Waals surface area (Å²) in [7, 11) is 0. The number of nitrogen functional groups attached to an aromatic ring is 1. The van der Waals surface area contributed by atoms with Gasteiger partial charge in [0.25, 0.3) is 5.91 Å². The summed E-state index contributed by atoms with van der Waals surface area (Å²) in [4.78, 5) is 15.8. The molecule has 1 aromatic heterocycles. The van der Waals surface area contributed by atoms with Crippen LogP contribution in [0.5, 0.6) is 0 Å². The van der Waals surface area contributed by atoms with Gasteiger partial charge in [0.1, 0.15) is 6.26 Å². The normalized spacial score (nSPS) is 10.2. The third kappa shape index (κ3) is 2.44. The average Bonchev–Trinajstić information content (AvgIpc) is 2.63. The van der Waals surface area contributed by atoms with Gasteiger partial charge in [0.15, 0.2) is 0 Å². The number of benzene rings is 1. The number of hydrogen-bond acceptors (Lipinski definition) is 4. The first kappa shape index (κ1) is 11.2. The van der Waals surface area contributed by atoms with E-state index >= 15 is 0 Å². The highest BCUT2D eigenvalue weighted by Gasteiger charge is 2.12. The largest absolute Gasteiger partial charge is 0.432 e. The molecule has 17 heavy (non-hydrogen) atoms. The predicted molar refractivity (Wildman–Crippen MR) is 64.8 cm³/mol. The van der Waals surface area contributed by atoms with E-state index in [0.717, 1.165) is 5.56 Å². The minimum atomic E-state index is -0.329. The van der Waals surface area contributed by atoms with Gasteiger partial charge in [-0.05, 0) is 31.5 Å². The van der Waals surface area contributed by atoms with E-state index < -0.39 is 0 Å². The molecular formula is C12H13N3O2. The number of anilines is 2. The molecule has 2 rings (SSSR count). The highest BCUT2D eigenvalue weighted by Crippen LogP contribution is 2.16. The summed E-state index contributed by atoms with van der Waals surface area (Å²) >= 11 is 0. The molecule has 0 aliphatic rings. The topological polar surface area (TPSA) is 81.2 Å². The van der Waals surface area contributed by atoms with Crippen molar-refractivity contribution in [1.29, 1.82) is 0 Å². The van der Waals surface area contributed by atoms with Crippen molar-refractivity contribution in [1.82, 2.24) is 4.98 Å². The van der Waals surface area contributed by atoms with Crippen LogP contribution in [-0.4, -0.2) is 10.9 Å². The molecule has 0 unspecified atom stereocenters. The van der Waals surface area contributed by atoms with Gasteiger partial charge < -0.3 is 10.2 Å². The number of hydrogen-bond donors (Lipinski definition) is 2. The van der Waals surface area contributed by atoms with Crippen molar-refractivity contribution >= 4 is 17.6 Å². The van der Waals surface area contributed by atoms with Gasteiger partial charge >= 0.3 is 6.01 Å². The Kier molecular flexibility index (Phi) is 2.82. The lowest BCUT2D eigenvalue weighted by Crippen LogP contribution is -2.14. The van der Waals surface area contributed by atoms with Crippen LogP contribution in [-0.2, 0) is 0 Å². The lowest BCUT2D eigenvalue weighted by molar-refractivity contribution is 0.102. The Balaban J connectivity index is 2.20. The average molecular weight is 231 g/mol. The van der Waals surface area contributed by atoms with E-state index in [2.05, 4.69) is 10.3 Å². The summed E-state index contributed by atoms with van der Waals surface area (Å²) in [5.74, 6) is -0.329. The van der Waals surface area contributed by atoms with Crippen molar-refractivity contribution < 1.29 is 9.21 Å². The zero-order valence-corrected chi connectivity index (χ0v) is 9.65. The van der Waals surface area contributed by atoms with Crippen LogP contribution in [0.2, 0.25) is 0 Å². The highest BCUT2D eigenvalue weighted by molar-refractivity contribution is 6.06. The lowest BCUT2D eigenvalue weighted by Gasteiger charge is -2.05. The SMILES string of the molecule is Cc1ccc(C(=O)Nc2nc(C)co2)c(N)c1. The van der Waals surface area contributed by atoms with Crippen LogP contribution < -0.4 is 11.1 Å². The summed E-state index contributed by atoms with van der Waals surface area (Å²) in [5.41, 5.74) is 8.33. The molecule has 0 aliphatic heterocycles. The van der Waals surface area contributed by atoms with E-state index in [1.54, 1.807) is 19.1 Å². The summed E-state index contributed by atoms with van der Waals surface area (Å²) < 4.78 is 5.04. The number of aromatic nitrogens is 1. The molecule has 1 aromatic carbocycles. The highest BCUT2D eigenvalue weighted by atomic mass is 16.4. The Labute approximate surface area is 98.6 Å². The predicted octanol–water partition coefficient (Wildman–Crippen LogP) is 2.13. The zero-order valence-electron chi connectivity index (χ0n) is 9.65. The van der Waals surface area contributed by atoms with Gasteiger partial charge in [0.2, 0.25) is 0 Å². The summed E-state index contributed by atoms with van der Waals surface area (Å²) in [5, 5.41) is 2.54. The van der Waals surface area contributed by atoms with E-state index in [9.17, 15) is 4.79 Å². The number of aryl methyl sites for hydroxylation is 2. The second-order valence-corrected chi connectivity index (χ2v) is 3.84. The number of nitrogens with one attached hydrogen (secondary N) is 1. The fraction of sp³-hybridized carbons (Fsp3) is 0.167. The van der Waals surface area contributed by atoms with E-state index in [1.165, 1.54) is 6.26 Å². The van der Waals surface area contributed by atoms with Crippen LogP contribution >= 0.6 is 0 Å². The smallest absolute Gasteiger partial charge is 0.301 e. The molecule has 0 fully saturated rings. The second kappa shape index (κ2) is 4.29. The number of carbonyl (C=O) groups excluding carboxylic acids is 1. The van der Waals surface area contributed by atoms with Crippen molar-refractivity contribution in [3.63, 3.8) is 0 Å². The summed E-state index contributed by atoms with van der Waals surface area (Å²) in [6.45, 7) is 3.69. The number of amides is 1. The fourth-order valence-electron chi connectivity index (χ4n) is 1.46. The molecule has 0 atom stereocenters. The van der Waals surface area contributed by atoms with E-state index in [0.29, 0.717) is 16.9 Å². The first-order valence-corrected chi connectivity index (χ1v) is 5.16. The fourth-order valence-corrected chi connectivity index (χ4v) is 1.46. The molecule has 0 saturated heterocycles. The molecule has 0 spiro atoms. The molecule has 1 heterocycles. The first-order chi connectivity index (χ1) is 8.06. The Morgan fingerprint density at radius 1 is 1.41 bits per heavy atom. The zero-order chi connectivity index (χ0) is 12.4. The van der Waals surface area contributed by atoms with Gasteiger partial charge in [-0.3, -0.25) is 10.1 Å². The number of oxazole rings is 1. The van der Waals surface area contributed by atoms with Crippen LogP contribution in [0.15, 0.2) is 28.9 Å². The standard InChI is InChI=1S/C12H13N3O2/c1-7-3-4-9(10(13)5-7)11(16)15-12-14-8(2)6-17-12/h3-6H,13H2,1-2H3,(H,14,15,16). The van der Waals surface area contributed by atoms with Crippen LogP contribution in [0.1, 0.15) is 21.6 Å². The Morgan fingerprint density at radius 3 is 2.76 bits per heavy atom. The van der Waals surface area contributed by atoms with Crippen molar-refractivity contribution in [3.8, 4) is 0 Å². The maximum absolute atomic E-state index is 11.9. The molecule has 5 nitrogen and oxygen atoms in total. The van der Waals surface area contributed by atoms with Crippen molar-refractivity contribution in [3.05, 3.63) is 41.3 Å². The molecule has 2 aromatic rings. The third-order valence-corrected chi connectivity index (χ3v) is 2.29. The minimum Gasteiger partial charge on any atom is -0.432 e. The van der Waals surface area contributed by atoms with Crippen LogP contribution in [0, 0.1) is 13.8 Å². The Bertz CT molecular complexity index is 561. The van der Waals surface area contributed by atoms with E-state index in [1.807, 2.05) is 13.0 Å². The maximum atomic E-state index is 11.9. The number of rotatable bonds is 2. The first-order valence-electron chi connectivity index (χ1n) is 5.16. The van der Waals surface area contributed by atoms with Gasteiger partial charge in [-0.25, -0.2) is 0 Å². The lowest BCUT2D eigenvalue weighted by atomic mass is 10.1. The molecule has 1 amide bonds. The molecule has 0 saturated carbocycles. The molecule has 0 bridgehead atoms. The molecule has 5 heteroatoms. The van der Waals surface area contributed by atoms with Gasteiger partial charge in [-0.1, -0.05) is 6.07 Å². The van der Waals surface area contributed by atoms with E-state index in [-0.39, 0.29) is 11.9 Å². The third-order valence-electron chi connectivity index (χ3n) is 2.29. The van der Waals surface area contributed by atoms with Crippen molar-refractivity contribution in [2.75, 3.05) is 11.1 Å². The second-order valence-electron chi connectivity index (χ2n) is 3.84. The van der Waals surface area contributed by atoms with E-state index in [4.69, 9.17) is 10.2 Å². The quantitative estimate of drug-likeness (QED) is 0.776. The number of carbonyl (C=O) groups is 1. The molecular weight excluding hydrogens is 218 g/mol. The summed E-state index contributed by atoms with van der Waals surface area (Å²) in [6.07, 6.45) is 1.47. The van der Waals surface area contributed by atoms with Gasteiger partial charge in [-0.15, -0.1) is 0 Å². The molecule has 88 valence electrons. The molecule has 0 radical (unpaired) electrons.